The number of fused-ring (bicyclic) bond motifs is 1. The van der Waals surface area contributed by atoms with E-state index in [1.54, 1.807) is 22.9 Å². The highest BCUT2D eigenvalue weighted by atomic mass is 16.5. The van der Waals surface area contributed by atoms with Crippen molar-refractivity contribution in [2.45, 2.75) is 37.0 Å². The second-order valence-corrected chi connectivity index (χ2v) is 6.00. The van der Waals surface area contributed by atoms with Gasteiger partial charge in [0.25, 0.3) is 0 Å². The lowest BCUT2D eigenvalue weighted by atomic mass is 10.0. The number of aromatic nitrogens is 1. The molecule has 6 N–H and O–H groups in total. The molecule has 1 aromatic heterocycles. The predicted octanol–water partition coefficient (Wildman–Crippen LogP) is -0.793. The first-order valence-corrected chi connectivity index (χ1v) is 7.62. The minimum absolute atomic E-state index is 0.112. The smallest absolute Gasteiger partial charge is 0.320 e. The summed E-state index contributed by atoms with van der Waals surface area (Å²) in [6.07, 6.45) is -2.89. The summed E-state index contributed by atoms with van der Waals surface area (Å²) in [6.45, 7) is -0.112. The molecule has 0 unspecified atom stereocenters. The maximum atomic E-state index is 11.0. The van der Waals surface area contributed by atoms with Gasteiger partial charge in [-0.25, -0.2) is 0 Å². The van der Waals surface area contributed by atoms with Crippen LogP contribution >= 0.6 is 0 Å². The van der Waals surface area contributed by atoms with Crippen LogP contribution < -0.4 is 5.73 Å². The predicted molar refractivity (Wildman–Crippen MR) is 84.3 cm³/mol. The Labute approximate surface area is 137 Å². The number of nitrogens with two attached hydrogens (primary N) is 1. The van der Waals surface area contributed by atoms with Crippen LogP contribution in [0.4, 0.5) is 0 Å². The molecule has 2 aromatic rings. The molecular formula is C16H20N2O6. The van der Waals surface area contributed by atoms with Gasteiger partial charge in [-0.1, -0.05) is 18.2 Å². The summed E-state index contributed by atoms with van der Waals surface area (Å²) in [5.74, 6) is -1.10. The third kappa shape index (κ3) is 2.90. The van der Waals surface area contributed by atoms with Gasteiger partial charge >= 0.3 is 5.97 Å². The van der Waals surface area contributed by atoms with Gasteiger partial charge in [0, 0.05) is 18.0 Å². The summed E-state index contributed by atoms with van der Waals surface area (Å²) in [4.78, 5) is 11.0. The largest absolute Gasteiger partial charge is 0.480 e. The summed E-state index contributed by atoms with van der Waals surface area (Å²) in [7, 11) is 0. The fraction of sp³-hybridized carbons (Fsp3) is 0.438. The summed E-state index contributed by atoms with van der Waals surface area (Å²) in [5.41, 5.74) is 7.06. The fourth-order valence-corrected chi connectivity index (χ4v) is 3.01. The Morgan fingerprint density at radius 1 is 1.29 bits per heavy atom. The molecule has 0 amide bonds. The molecular weight excluding hydrogens is 316 g/mol. The van der Waals surface area contributed by atoms with Crippen LogP contribution in [0.25, 0.3) is 10.9 Å². The number of hydrogen-bond donors (Lipinski definition) is 5. The molecule has 0 radical (unpaired) electrons. The van der Waals surface area contributed by atoms with E-state index >= 15 is 0 Å². The van der Waals surface area contributed by atoms with Crippen molar-refractivity contribution < 1.29 is 30.0 Å². The van der Waals surface area contributed by atoms with Gasteiger partial charge in [0.1, 0.15) is 24.4 Å². The lowest BCUT2D eigenvalue weighted by Crippen LogP contribution is -2.50. The zero-order valence-corrected chi connectivity index (χ0v) is 12.8. The molecule has 0 aliphatic carbocycles. The van der Waals surface area contributed by atoms with Crippen molar-refractivity contribution >= 4 is 16.9 Å². The number of aliphatic hydroxyl groups excluding tert-OH is 3. The molecule has 8 nitrogen and oxygen atoms in total. The molecule has 8 heteroatoms. The quantitative estimate of drug-likeness (QED) is 0.493. The molecule has 2 heterocycles. The second-order valence-electron chi connectivity index (χ2n) is 6.00. The summed E-state index contributed by atoms with van der Waals surface area (Å²) in [5, 5.41) is 39.5. The van der Waals surface area contributed by atoms with Crippen LogP contribution in [-0.2, 0) is 16.0 Å². The number of hydrogen-bond acceptors (Lipinski definition) is 6. The average molecular weight is 336 g/mol. The third-order valence-electron chi connectivity index (χ3n) is 4.33. The first-order valence-electron chi connectivity index (χ1n) is 7.62. The van der Waals surface area contributed by atoms with Crippen molar-refractivity contribution in [2.24, 2.45) is 5.73 Å². The van der Waals surface area contributed by atoms with E-state index in [1.807, 2.05) is 12.1 Å². The molecule has 1 aliphatic heterocycles. The van der Waals surface area contributed by atoms with Crippen LogP contribution in [0.5, 0.6) is 0 Å². The lowest BCUT2D eigenvalue weighted by Gasteiger charge is -2.36. The number of benzene rings is 1. The summed E-state index contributed by atoms with van der Waals surface area (Å²) >= 11 is 0. The SMILES string of the molecule is N[C@@H](Cc1cn([C@@H]2OC[C@@H](O)[C@@H](O)[C@H]2O)c2ccccc12)C(=O)O. The minimum atomic E-state index is -1.32. The number of nitrogens with zero attached hydrogens (tertiary/aromatic N) is 1. The highest BCUT2D eigenvalue weighted by Gasteiger charge is 2.39. The van der Waals surface area contributed by atoms with Crippen molar-refractivity contribution in [1.82, 2.24) is 4.57 Å². The Balaban J connectivity index is 2.01. The highest BCUT2D eigenvalue weighted by molar-refractivity contribution is 5.85. The Kier molecular flexibility index (Phi) is 4.57. The molecule has 130 valence electrons. The second kappa shape index (κ2) is 6.50. The number of ether oxygens (including phenoxy) is 1. The maximum absolute atomic E-state index is 11.0. The fourth-order valence-electron chi connectivity index (χ4n) is 3.01. The number of para-hydroxylation sites is 1. The Morgan fingerprint density at radius 3 is 2.71 bits per heavy atom. The van der Waals surface area contributed by atoms with Crippen molar-refractivity contribution in [3.05, 3.63) is 36.0 Å². The van der Waals surface area contributed by atoms with Crippen LogP contribution in [0.1, 0.15) is 11.8 Å². The molecule has 0 bridgehead atoms. The third-order valence-corrected chi connectivity index (χ3v) is 4.33. The number of carboxylic acid groups (broad SMARTS) is 1. The van der Waals surface area contributed by atoms with Gasteiger partial charge in [-0.3, -0.25) is 4.79 Å². The van der Waals surface area contributed by atoms with E-state index in [-0.39, 0.29) is 13.0 Å². The van der Waals surface area contributed by atoms with Crippen LogP contribution in [0.3, 0.4) is 0 Å². The van der Waals surface area contributed by atoms with Crippen LogP contribution in [-0.4, -0.2) is 61.9 Å². The number of aliphatic carboxylic acids is 1. The maximum Gasteiger partial charge on any atom is 0.320 e. The molecule has 3 rings (SSSR count). The van der Waals surface area contributed by atoms with Crippen molar-refractivity contribution in [3.63, 3.8) is 0 Å². The zero-order valence-electron chi connectivity index (χ0n) is 12.8. The standard InChI is InChI=1S/C16H20N2O6/c17-10(16(22)23)5-8-6-18(11-4-2-1-3-9(8)11)15-14(21)13(20)12(19)7-24-15/h1-4,6,10,12-15,19-21H,5,7,17H2,(H,22,23)/t10-,12+,13+,14+,15+/m0/s1. The van der Waals surface area contributed by atoms with Crippen molar-refractivity contribution in [1.29, 1.82) is 0 Å². The first-order chi connectivity index (χ1) is 11.4. The molecule has 1 saturated heterocycles. The normalized spacial score (nSPS) is 28.8. The number of rotatable bonds is 4. The van der Waals surface area contributed by atoms with E-state index in [9.17, 15) is 20.1 Å². The van der Waals surface area contributed by atoms with Gasteiger partial charge in [-0.15, -0.1) is 0 Å². The molecule has 5 atom stereocenters. The van der Waals surface area contributed by atoms with Crippen molar-refractivity contribution in [2.75, 3.05) is 6.61 Å². The number of carboxylic acids is 1. The molecule has 0 saturated carbocycles. The first kappa shape index (κ1) is 16.9. The molecule has 1 fully saturated rings. The van der Waals surface area contributed by atoms with E-state index in [4.69, 9.17) is 15.6 Å². The van der Waals surface area contributed by atoms with Crippen molar-refractivity contribution in [3.8, 4) is 0 Å². The van der Waals surface area contributed by atoms with E-state index in [1.165, 1.54) is 0 Å². The molecule has 1 aromatic carbocycles. The van der Waals surface area contributed by atoms with Gasteiger partial charge in [-0.2, -0.15) is 0 Å². The van der Waals surface area contributed by atoms with Gasteiger partial charge in [0.2, 0.25) is 0 Å². The van der Waals surface area contributed by atoms with Gasteiger partial charge in [0.15, 0.2) is 6.23 Å². The summed E-state index contributed by atoms with van der Waals surface area (Å²) < 4.78 is 7.13. The Bertz CT molecular complexity index is 745. The topological polar surface area (TPSA) is 138 Å². The van der Waals surface area contributed by atoms with Gasteiger partial charge < -0.3 is 35.5 Å². The van der Waals surface area contributed by atoms with E-state index in [0.29, 0.717) is 5.56 Å². The number of carbonyl (C=O) groups is 1. The van der Waals surface area contributed by atoms with Crippen LogP contribution in [0.15, 0.2) is 30.5 Å². The molecule has 1 aliphatic rings. The molecule has 24 heavy (non-hydrogen) atoms. The summed E-state index contributed by atoms with van der Waals surface area (Å²) in [6, 6.07) is 6.21. The van der Waals surface area contributed by atoms with Gasteiger partial charge in [-0.05, 0) is 11.6 Å². The Hall–Kier alpha value is -1.97. The number of aliphatic hydroxyl groups is 3. The zero-order chi connectivity index (χ0) is 17.4. The van der Waals surface area contributed by atoms with E-state index in [2.05, 4.69) is 0 Å². The average Bonchev–Trinajstić information content (AvgIpc) is 2.91. The van der Waals surface area contributed by atoms with Crippen LogP contribution in [0.2, 0.25) is 0 Å². The van der Waals surface area contributed by atoms with Gasteiger partial charge in [0.05, 0.1) is 12.1 Å². The van der Waals surface area contributed by atoms with Crippen LogP contribution in [0, 0.1) is 0 Å². The highest BCUT2D eigenvalue weighted by Crippen LogP contribution is 2.31. The van der Waals surface area contributed by atoms with E-state index < -0.39 is 36.6 Å². The minimum Gasteiger partial charge on any atom is -0.480 e. The lowest BCUT2D eigenvalue weighted by molar-refractivity contribution is -0.209. The van der Waals surface area contributed by atoms with E-state index in [0.717, 1.165) is 10.9 Å². The Morgan fingerprint density at radius 2 is 2.00 bits per heavy atom. The molecule has 0 spiro atoms. The monoisotopic (exact) mass is 336 g/mol.